The van der Waals surface area contributed by atoms with Crippen molar-refractivity contribution in [2.45, 2.75) is 115 Å². The van der Waals surface area contributed by atoms with Gasteiger partial charge in [-0.2, -0.15) is 0 Å². The van der Waals surface area contributed by atoms with E-state index in [1.807, 2.05) is 0 Å². The second-order valence-corrected chi connectivity index (χ2v) is 8.48. The van der Waals surface area contributed by atoms with Crippen molar-refractivity contribution in [3.05, 3.63) is 11.6 Å². The molecule has 2 fully saturated rings. The van der Waals surface area contributed by atoms with Gasteiger partial charge in [-0.05, 0) is 57.8 Å². The van der Waals surface area contributed by atoms with E-state index in [-0.39, 0.29) is 0 Å². The minimum absolute atomic E-state index is 0.473. The molecule has 0 bridgehead atoms. The molecule has 3 rings (SSSR count). The Balaban J connectivity index is 1.76. The lowest BCUT2D eigenvalue weighted by Gasteiger charge is -2.44. The molecule has 0 aromatic rings. The molecule has 1 saturated heterocycles. The maximum atomic E-state index is 6.54. The Morgan fingerprint density at radius 1 is 0.826 bits per heavy atom. The van der Waals surface area contributed by atoms with Gasteiger partial charge in [0.1, 0.15) is 0 Å². The zero-order chi connectivity index (χ0) is 15.8. The highest BCUT2D eigenvalue weighted by molar-refractivity contribution is 5.10. The lowest BCUT2D eigenvalue weighted by molar-refractivity contribution is -0.0663. The van der Waals surface area contributed by atoms with Gasteiger partial charge in [0.25, 0.3) is 0 Å². The number of hydrogen-bond donors (Lipinski definition) is 0. The van der Waals surface area contributed by atoms with Crippen molar-refractivity contribution in [3.8, 4) is 0 Å². The van der Waals surface area contributed by atoms with Crippen LogP contribution in [0.3, 0.4) is 0 Å². The van der Waals surface area contributed by atoms with E-state index in [9.17, 15) is 0 Å². The fourth-order valence-corrected chi connectivity index (χ4v) is 5.32. The Hall–Kier alpha value is -0.300. The highest BCUT2D eigenvalue weighted by Gasteiger charge is 2.39. The van der Waals surface area contributed by atoms with Crippen molar-refractivity contribution in [3.63, 3.8) is 0 Å². The zero-order valence-electron chi connectivity index (χ0n) is 15.3. The van der Waals surface area contributed by atoms with Gasteiger partial charge < -0.3 is 4.74 Å². The summed E-state index contributed by atoms with van der Waals surface area (Å²) in [5, 5.41) is 0. The minimum atomic E-state index is 0.473. The van der Waals surface area contributed by atoms with Crippen molar-refractivity contribution in [2.24, 2.45) is 5.41 Å². The maximum Gasteiger partial charge on any atom is 0.0634 e. The van der Waals surface area contributed by atoms with Crippen LogP contribution in [-0.4, -0.2) is 12.7 Å². The molecule has 1 saturated carbocycles. The van der Waals surface area contributed by atoms with E-state index >= 15 is 0 Å². The van der Waals surface area contributed by atoms with Crippen LogP contribution in [0.15, 0.2) is 11.6 Å². The lowest BCUT2D eigenvalue weighted by atomic mass is 9.66. The molecule has 0 spiro atoms. The molecular formula is C22H38O. The fourth-order valence-electron chi connectivity index (χ4n) is 5.32. The van der Waals surface area contributed by atoms with Gasteiger partial charge in [-0.1, -0.05) is 63.0 Å². The van der Waals surface area contributed by atoms with Crippen LogP contribution in [0.5, 0.6) is 0 Å². The normalized spacial score (nSPS) is 30.4. The first-order valence-corrected chi connectivity index (χ1v) is 10.7. The summed E-state index contributed by atoms with van der Waals surface area (Å²) >= 11 is 0. The first-order chi connectivity index (χ1) is 11.4. The molecule has 1 atom stereocenters. The van der Waals surface area contributed by atoms with Crippen LogP contribution in [0.25, 0.3) is 0 Å². The largest absolute Gasteiger partial charge is 0.378 e. The molecule has 23 heavy (non-hydrogen) atoms. The third kappa shape index (κ3) is 5.08. The van der Waals surface area contributed by atoms with Crippen LogP contribution < -0.4 is 0 Å². The van der Waals surface area contributed by atoms with E-state index < -0.39 is 0 Å². The van der Waals surface area contributed by atoms with Gasteiger partial charge in [0.05, 0.1) is 6.10 Å². The van der Waals surface area contributed by atoms with E-state index in [0.717, 1.165) is 6.61 Å². The number of ether oxygens (including phenoxy) is 1. The van der Waals surface area contributed by atoms with Crippen LogP contribution >= 0.6 is 0 Å². The quantitative estimate of drug-likeness (QED) is 0.511. The Kier molecular flexibility index (Phi) is 7.05. The predicted octanol–water partition coefficient (Wildman–Crippen LogP) is 6.96. The van der Waals surface area contributed by atoms with Crippen molar-refractivity contribution >= 4 is 0 Å². The van der Waals surface area contributed by atoms with Crippen LogP contribution in [0.2, 0.25) is 0 Å². The van der Waals surface area contributed by atoms with Crippen LogP contribution in [0.1, 0.15) is 109 Å². The molecule has 1 nitrogen and oxygen atoms in total. The first kappa shape index (κ1) is 17.5. The van der Waals surface area contributed by atoms with Gasteiger partial charge in [0, 0.05) is 12.0 Å². The Morgan fingerprint density at radius 2 is 1.57 bits per heavy atom. The maximum absolute atomic E-state index is 6.54. The third-order valence-corrected chi connectivity index (χ3v) is 6.68. The molecule has 1 aliphatic heterocycles. The van der Waals surface area contributed by atoms with Crippen molar-refractivity contribution < 1.29 is 4.74 Å². The monoisotopic (exact) mass is 318 g/mol. The van der Waals surface area contributed by atoms with Crippen molar-refractivity contribution in [1.29, 1.82) is 0 Å². The van der Waals surface area contributed by atoms with Gasteiger partial charge in [0.15, 0.2) is 0 Å². The van der Waals surface area contributed by atoms with E-state index in [4.69, 9.17) is 4.74 Å². The standard InChI is InChI=1S/C22H38O/c1-3-10-16-22(17-11-4-1,19-20-13-7-6-8-14-20)21-15-9-2-5-12-18-23-21/h13,21H,1-12,14-19H2. The number of hydrogen-bond acceptors (Lipinski definition) is 1. The molecule has 2 aliphatic carbocycles. The number of rotatable bonds is 3. The third-order valence-electron chi connectivity index (χ3n) is 6.68. The van der Waals surface area contributed by atoms with Crippen LogP contribution in [0.4, 0.5) is 0 Å². The molecule has 1 heteroatoms. The van der Waals surface area contributed by atoms with E-state index in [1.165, 1.54) is 109 Å². The summed E-state index contributed by atoms with van der Waals surface area (Å²) in [4.78, 5) is 0. The van der Waals surface area contributed by atoms with E-state index in [0.29, 0.717) is 11.5 Å². The average molecular weight is 319 g/mol. The van der Waals surface area contributed by atoms with Crippen molar-refractivity contribution in [2.75, 3.05) is 6.61 Å². The van der Waals surface area contributed by atoms with Crippen LogP contribution in [-0.2, 0) is 4.74 Å². The summed E-state index contributed by atoms with van der Waals surface area (Å²) in [5.74, 6) is 0. The van der Waals surface area contributed by atoms with E-state index in [1.54, 1.807) is 5.57 Å². The highest BCUT2D eigenvalue weighted by atomic mass is 16.5. The summed E-state index contributed by atoms with van der Waals surface area (Å²) in [5.41, 5.74) is 2.25. The van der Waals surface area contributed by atoms with Crippen LogP contribution in [0, 0.1) is 5.41 Å². The van der Waals surface area contributed by atoms with E-state index in [2.05, 4.69) is 6.08 Å². The molecule has 1 heterocycles. The molecule has 0 N–H and O–H groups in total. The first-order valence-electron chi connectivity index (χ1n) is 10.7. The summed E-state index contributed by atoms with van der Waals surface area (Å²) in [6, 6.07) is 0. The molecule has 0 aromatic carbocycles. The van der Waals surface area contributed by atoms with Gasteiger partial charge in [-0.25, -0.2) is 0 Å². The predicted molar refractivity (Wildman–Crippen MR) is 98.7 cm³/mol. The molecule has 3 aliphatic rings. The molecule has 1 unspecified atom stereocenters. The topological polar surface area (TPSA) is 9.23 Å². The average Bonchev–Trinajstić information content (AvgIpc) is 2.51. The van der Waals surface area contributed by atoms with Gasteiger partial charge in [-0.15, -0.1) is 0 Å². The number of allylic oxidation sites excluding steroid dienone is 2. The fraction of sp³-hybridized carbons (Fsp3) is 0.909. The minimum Gasteiger partial charge on any atom is -0.378 e. The second-order valence-electron chi connectivity index (χ2n) is 8.48. The Bertz CT molecular complexity index is 354. The molecular weight excluding hydrogens is 280 g/mol. The Morgan fingerprint density at radius 3 is 2.35 bits per heavy atom. The summed E-state index contributed by atoms with van der Waals surface area (Å²) in [7, 11) is 0. The van der Waals surface area contributed by atoms with Crippen molar-refractivity contribution in [1.82, 2.24) is 0 Å². The smallest absolute Gasteiger partial charge is 0.0634 e. The second kappa shape index (κ2) is 9.25. The van der Waals surface area contributed by atoms with Gasteiger partial charge in [0.2, 0.25) is 0 Å². The molecule has 0 aromatic heterocycles. The Labute approximate surface area is 144 Å². The summed E-state index contributed by atoms with van der Waals surface area (Å²) in [6.07, 6.45) is 26.9. The van der Waals surface area contributed by atoms with Gasteiger partial charge in [-0.3, -0.25) is 0 Å². The zero-order valence-corrected chi connectivity index (χ0v) is 15.3. The molecule has 0 radical (unpaired) electrons. The highest BCUT2D eigenvalue weighted by Crippen LogP contribution is 2.47. The SMILES string of the molecule is C1=C(CC2(C3CCCCCCO3)CCCCCCC2)CCCC1. The molecule has 0 amide bonds. The summed E-state index contributed by atoms with van der Waals surface area (Å²) < 4.78 is 6.54. The summed E-state index contributed by atoms with van der Waals surface area (Å²) in [6.45, 7) is 1.02. The lowest BCUT2D eigenvalue weighted by Crippen LogP contribution is -2.39. The van der Waals surface area contributed by atoms with Gasteiger partial charge >= 0.3 is 0 Å². The molecule has 132 valence electrons.